The SMILES string of the molecule is OCCCCN(Cc1noc(-c2ccsc2)n1)C1CC1. The van der Waals surface area contributed by atoms with Crippen molar-refractivity contribution in [3.63, 3.8) is 0 Å². The highest BCUT2D eigenvalue weighted by Crippen LogP contribution is 2.28. The quantitative estimate of drug-likeness (QED) is 0.758. The first-order valence-corrected chi connectivity index (χ1v) is 8.01. The Morgan fingerprint density at radius 2 is 2.30 bits per heavy atom. The third kappa shape index (κ3) is 3.45. The lowest BCUT2D eigenvalue weighted by Crippen LogP contribution is -2.27. The first-order chi connectivity index (χ1) is 9.86. The van der Waals surface area contributed by atoms with Gasteiger partial charge >= 0.3 is 0 Å². The number of unbranched alkanes of at least 4 members (excludes halogenated alkanes) is 1. The fraction of sp³-hybridized carbons (Fsp3) is 0.571. The Labute approximate surface area is 122 Å². The minimum Gasteiger partial charge on any atom is -0.396 e. The molecule has 1 N–H and O–H groups in total. The lowest BCUT2D eigenvalue weighted by Gasteiger charge is -2.19. The Kier molecular flexibility index (Phi) is 4.44. The number of rotatable bonds is 8. The van der Waals surface area contributed by atoms with E-state index in [9.17, 15) is 0 Å². The summed E-state index contributed by atoms with van der Waals surface area (Å²) < 4.78 is 5.31. The third-order valence-electron chi connectivity index (χ3n) is 3.50. The highest BCUT2D eigenvalue weighted by molar-refractivity contribution is 7.08. The van der Waals surface area contributed by atoms with Gasteiger partial charge in [0, 0.05) is 18.0 Å². The van der Waals surface area contributed by atoms with E-state index in [1.165, 1.54) is 12.8 Å². The Bertz CT molecular complexity index is 522. The largest absolute Gasteiger partial charge is 0.396 e. The number of aromatic nitrogens is 2. The second kappa shape index (κ2) is 6.47. The first kappa shape index (κ1) is 13.7. The number of aliphatic hydroxyl groups excluding tert-OH is 1. The molecule has 20 heavy (non-hydrogen) atoms. The maximum absolute atomic E-state index is 8.87. The zero-order valence-corrected chi connectivity index (χ0v) is 12.2. The van der Waals surface area contributed by atoms with Gasteiger partial charge in [-0.1, -0.05) is 5.16 Å². The van der Waals surface area contributed by atoms with Crippen molar-refractivity contribution in [2.75, 3.05) is 13.2 Å². The van der Waals surface area contributed by atoms with E-state index in [-0.39, 0.29) is 6.61 Å². The van der Waals surface area contributed by atoms with Crippen LogP contribution in [0, 0.1) is 0 Å². The summed E-state index contributed by atoms with van der Waals surface area (Å²) in [6.07, 6.45) is 4.39. The summed E-state index contributed by atoms with van der Waals surface area (Å²) in [4.78, 5) is 6.87. The van der Waals surface area contributed by atoms with E-state index < -0.39 is 0 Å². The van der Waals surface area contributed by atoms with Gasteiger partial charge in [0.1, 0.15) is 0 Å². The Morgan fingerprint density at radius 1 is 1.40 bits per heavy atom. The topological polar surface area (TPSA) is 62.4 Å². The zero-order chi connectivity index (χ0) is 13.8. The number of hydrogen-bond acceptors (Lipinski definition) is 6. The fourth-order valence-electron chi connectivity index (χ4n) is 2.26. The molecule has 0 bridgehead atoms. The number of aliphatic hydroxyl groups is 1. The van der Waals surface area contributed by atoms with Crippen LogP contribution in [0.3, 0.4) is 0 Å². The molecule has 1 aliphatic rings. The van der Waals surface area contributed by atoms with Gasteiger partial charge in [-0.25, -0.2) is 0 Å². The van der Waals surface area contributed by atoms with Crippen LogP contribution in [-0.4, -0.2) is 39.3 Å². The lowest BCUT2D eigenvalue weighted by molar-refractivity contribution is 0.222. The van der Waals surface area contributed by atoms with Crippen LogP contribution < -0.4 is 0 Å². The highest BCUT2D eigenvalue weighted by atomic mass is 32.1. The third-order valence-corrected chi connectivity index (χ3v) is 4.18. The molecule has 0 atom stereocenters. The van der Waals surface area contributed by atoms with Gasteiger partial charge in [0.2, 0.25) is 0 Å². The van der Waals surface area contributed by atoms with E-state index in [4.69, 9.17) is 9.63 Å². The molecule has 1 fully saturated rings. The minimum absolute atomic E-state index is 0.267. The number of hydrogen-bond donors (Lipinski definition) is 1. The molecule has 1 saturated carbocycles. The van der Waals surface area contributed by atoms with Crippen molar-refractivity contribution in [3.05, 3.63) is 22.7 Å². The summed E-state index contributed by atoms with van der Waals surface area (Å²) in [6, 6.07) is 2.65. The minimum atomic E-state index is 0.267. The second-order valence-corrected chi connectivity index (χ2v) is 5.94. The van der Waals surface area contributed by atoms with Crippen LogP contribution in [-0.2, 0) is 6.54 Å². The first-order valence-electron chi connectivity index (χ1n) is 7.07. The van der Waals surface area contributed by atoms with E-state index >= 15 is 0 Å². The molecule has 0 aliphatic heterocycles. The molecule has 1 aliphatic carbocycles. The van der Waals surface area contributed by atoms with Crippen molar-refractivity contribution >= 4 is 11.3 Å². The van der Waals surface area contributed by atoms with Crippen LogP contribution in [0.4, 0.5) is 0 Å². The maximum Gasteiger partial charge on any atom is 0.258 e. The molecule has 0 aromatic carbocycles. The second-order valence-electron chi connectivity index (χ2n) is 5.16. The van der Waals surface area contributed by atoms with Crippen molar-refractivity contribution in [1.29, 1.82) is 0 Å². The highest BCUT2D eigenvalue weighted by Gasteiger charge is 2.29. The van der Waals surface area contributed by atoms with Gasteiger partial charge in [0.25, 0.3) is 5.89 Å². The molecule has 0 amide bonds. The molecule has 108 valence electrons. The van der Waals surface area contributed by atoms with Gasteiger partial charge in [0.05, 0.1) is 12.1 Å². The lowest BCUT2D eigenvalue weighted by atomic mass is 10.3. The average Bonchev–Trinajstić information content (AvgIpc) is 2.97. The molecule has 5 nitrogen and oxygen atoms in total. The number of thiophene rings is 1. The molecule has 0 radical (unpaired) electrons. The van der Waals surface area contributed by atoms with Crippen LogP contribution in [0.1, 0.15) is 31.5 Å². The zero-order valence-electron chi connectivity index (χ0n) is 11.4. The Balaban J connectivity index is 1.60. The maximum atomic E-state index is 8.87. The molecule has 2 aromatic rings. The average molecular weight is 293 g/mol. The van der Waals surface area contributed by atoms with Gasteiger partial charge in [-0.2, -0.15) is 16.3 Å². The molecule has 2 heterocycles. The fourth-order valence-corrected chi connectivity index (χ4v) is 2.89. The van der Waals surface area contributed by atoms with Crippen LogP contribution in [0.2, 0.25) is 0 Å². The van der Waals surface area contributed by atoms with Crippen molar-refractivity contribution in [2.24, 2.45) is 0 Å². The molecular weight excluding hydrogens is 274 g/mol. The standard InChI is InChI=1S/C14H19N3O2S/c18-7-2-1-6-17(12-3-4-12)9-13-15-14(19-16-13)11-5-8-20-10-11/h5,8,10,12,18H,1-4,6-7,9H2. The van der Waals surface area contributed by atoms with Gasteiger partial charge in [0.15, 0.2) is 5.82 Å². The van der Waals surface area contributed by atoms with Gasteiger partial charge in [-0.15, -0.1) is 0 Å². The summed E-state index contributed by atoms with van der Waals surface area (Å²) in [7, 11) is 0. The van der Waals surface area contributed by atoms with Crippen molar-refractivity contribution in [2.45, 2.75) is 38.3 Å². The summed E-state index contributed by atoms with van der Waals surface area (Å²) in [6.45, 7) is 2.00. The van der Waals surface area contributed by atoms with E-state index in [0.717, 1.165) is 37.3 Å². The van der Waals surface area contributed by atoms with Crippen LogP contribution in [0.5, 0.6) is 0 Å². The molecule has 3 rings (SSSR count). The summed E-state index contributed by atoms with van der Waals surface area (Å²) in [5.41, 5.74) is 0.993. The van der Waals surface area contributed by atoms with Gasteiger partial charge in [-0.05, 0) is 43.7 Å². The van der Waals surface area contributed by atoms with Gasteiger partial charge in [-0.3, -0.25) is 4.90 Å². The summed E-state index contributed by atoms with van der Waals surface area (Å²) >= 11 is 1.62. The smallest absolute Gasteiger partial charge is 0.258 e. The predicted octanol–water partition coefficient (Wildman–Crippen LogP) is 2.54. The van der Waals surface area contributed by atoms with Crippen LogP contribution in [0.25, 0.3) is 11.5 Å². The monoisotopic (exact) mass is 293 g/mol. The van der Waals surface area contributed by atoms with Crippen LogP contribution in [0.15, 0.2) is 21.3 Å². The Hall–Kier alpha value is -1.24. The van der Waals surface area contributed by atoms with E-state index in [0.29, 0.717) is 11.9 Å². The molecule has 6 heteroatoms. The molecule has 0 unspecified atom stereocenters. The normalized spacial score (nSPS) is 15.1. The van der Waals surface area contributed by atoms with Gasteiger partial charge < -0.3 is 9.63 Å². The Morgan fingerprint density at radius 3 is 3.00 bits per heavy atom. The molecule has 2 aromatic heterocycles. The van der Waals surface area contributed by atoms with Crippen LogP contribution >= 0.6 is 11.3 Å². The molecular formula is C14H19N3O2S. The van der Waals surface area contributed by atoms with E-state index in [2.05, 4.69) is 15.0 Å². The number of nitrogens with zero attached hydrogens (tertiary/aromatic N) is 3. The van der Waals surface area contributed by atoms with Crippen molar-refractivity contribution < 1.29 is 9.63 Å². The molecule has 0 spiro atoms. The summed E-state index contributed by atoms with van der Waals surface area (Å²) in [5.74, 6) is 1.36. The predicted molar refractivity (Wildman–Crippen MR) is 77.4 cm³/mol. The summed E-state index contributed by atoms with van der Waals surface area (Å²) in [5, 5.41) is 17.0. The van der Waals surface area contributed by atoms with Crippen molar-refractivity contribution in [3.8, 4) is 11.5 Å². The van der Waals surface area contributed by atoms with E-state index in [1.54, 1.807) is 11.3 Å². The van der Waals surface area contributed by atoms with E-state index in [1.807, 2.05) is 16.8 Å². The molecule has 0 saturated heterocycles. The van der Waals surface area contributed by atoms with Crippen molar-refractivity contribution in [1.82, 2.24) is 15.0 Å².